The molecule has 7 heteroatoms. The first-order valence-corrected chi connectivity index (χ1v) is 5.83. The molecule has 0 unspecified atom stereocenters. The number of hydrogen-bond donors (Lipinski definition) is 1. The average Bonchev–Trinajstić information content (AvgIpc) is 2.70. The number of aliphatic hydroxyl groups is 1. The van der Waals surface area contributed by atoms with Gasteiger partial charge in [0, 0.05) is 14.1 Å². The van der Waals surface area contributed by atoms with Gasteiger partial charge in [-0.2, -0.15) is 0 Å². The summed E-state index contributed by atoms with van der Waals surface area (Å²) in [5, 5.41) is 10.0. The molecule has 104 valence electrons. The molecule has 2 saturated heterocycles. The molecule has 0 bridgehead atoms. The fourth-order valence-electron chi connectivity index (χ4n) is 1.98. The Morgan fingerprint density at radius 1 is 1.39 bits per heavy atom. The fourth-order valence-corrected chi connectivity index (χ4v) is 1.98. The molecule has 2 rings (SSSR count). The van der Waals surface area contributed by atoms with Gasteiger partial charge in [0.25, 0.3) is 0 Å². The van der Waals surface area contributed by atoms with Crippen LogP contribution in [0.3, 0.4) is 0 Å². The topological polar surface area (TPSA) is 77.5 Å². The SMILES string of the molecule is CN(C)C(=O)OC[C@H]1O[C@@H]2OC(C)(C)O[C@@H]2[C@H]1O. The Balaban J connectivity index is 1.86. The normalized spacial score (nSPS) is 37.4. The quantitative estimate of drug-likeness (QED) is 0.749. The van der Waals surface area contributed by atoms with Crippen molar-refractivity contribution in [2.24, 2.45) is 0 Å². The summed E-state index contributed by atoms with van der Waals surface area (Å²) in [7, 11) is 3.16. The van der Waals surface area contributed by atoms with Gasteiger partial charge in [0.15, 0.2) is 12.1 Å². The number of ether oxygens (including phenoxy) is 4. The Morgan fingerprint density at radius 3 is 2.61 bits per heavy atom. The molecule has 7 nitrogen and oxygen atoms in total. The second kappa shape index (κ2) is 4.65. The Kier molecular flexibility index (Phi) is 3.50. The van der Waals surface area contributed by atoms with Crippen LogP contribution in [-0.4, -0.2) is 67.2 Å². The van der Waals surface area contributed by atoms with Crippen LogP contribution in [0.15, 0.2) is 0 Å². The third-order valence-electron chi connectivity index (χ3n) is 2.85. The summed E-state index contributed by atoms with van der Waals surface area (Å²) in [6.07, 6.45) is -3.13. The summed E-state index contributed by atoms with van der Waals surface area (Å²) < 4.78 is 21.4. The third-order valence-corrected chi connectivity index (χ3v) is 2.85. The summed E-state index contributed by atoms with van der Waals surface area (Å²) in [5.41, 5.74) is 0. The van der Waals surface area contributed by atoms with Crippen LogP contribution in [-0.2, 0) is 18.9 Å². The molecule has 0 aromatic carbocycles. The number of rotatable bonds is 2. The number of amides is 1. The highest BCUT2D eigenvalue weighted by molar-refractivity contribution is 5.66. The van der Waals surface area contributed by atoms with Crippen molar-refractivity contribution in [3.8, 4) is 0 Å². The van der Waals surface area contributed by atoms with E-state index in [-0.39, 0.29) is 6.61 Å². The largest absolute Gasteiger partial charge is 0.447 e. The molecule has 2 aliphatic rings. The first-order valence-electron chi connectivity index (χ1n) is 5.83. The van der Waals surface area contributed by atoms with Crippen LogP contribution in [0.25, 0.3) is 0 Å². The molecule has 0 aromatic heterocycles. The summed E-state index contributed by atoms with van der Waals surface area (Å²) in [6, 6.07) is 0. The maximum Gasteiger partial charge on any atom is 0.409 e. The van der Waals surface area contributed by atoms with E-state index in [0.29, 0.717) is 0 Å². The number of carbonyl (C=O) groups is 1. The van der Waals surface area contributed by atoms with Crippen molar-refractivity contribution in [3.63, 3.8) is 0 Å². The van der Waals surface area contributed by atoms with Crippen molar-refractivity contribution < 1.29 is 28.8 Å². The molecule has 0 aliphatic carbocycles. The molecule has 1 N–H and O–H groups in total. The van der Waals surface area contributed by atoms with Gasteiger partial charge >= 0.3 is 6.09 Å². The smallest absolute Gasteiger partial charge is 0.409 e. The lowest BCUT2D eigenvalue weighted by Gasteiger charge is -2.23. The molecule has 18 heavy (non-hydrogen) atoms. The highest BCUT2D eigenvalue weighted by Crippen LogP contribution is 2.37. The zero-order valence-corrected chi connectivity index (χ0v) is 11.0. The minimum atomic E-state index is -0.869. The summed E-state index contributed by atoms with van der Waals surface area (Å²) >= 11 is 0. The van der Waals surface area contributed by atoms with Gasteiger partial charge in [-0.3, -0.25) is 0 Å². The summed E-state index contributed by atoms with van der Waals surface area (Å²) in [4.78, 5) is 12.6. The minimum absolute atomic E-state index is 0.0294. The van der Waals surface area contributed by atoms with Crippen LogP contribution in [0.1, 0.15) is 13.8 Å². The monoisotopic (exact) mass is 261 g/mol. The maximum atomic E-state index is 11.3. The van der Waals surface area contributed by atoms with Crippen molar-refractivity contribution in [2.75, 3.05) is 20.7 Å². The number of carbonyl (C=O) groups excluding carboxylic acids is 1. The van der Waals surface area contributed by atoms with Gasteiger partial charge in [0.2, 0.25) is 0 Å². The van der Waals surface area contributed by atoms with Crippen molar-refractivity contribution in [3.05, 3.63) is 0 Å². The lowest BCUT2D eigenvalue weighted by molar-refractivity contribution is -0.218. The molecular formula is C11H19NO6. The second-order valence-electron chi connectivity index (χ2n) is 5.11. The van der Waals surface area contributed by atoms with Gasteiger partial charge in [-0.15, -0.1) is 0 Å². The standard InChI is InChI=1S/C11H19NO6/c1-11(2)17-8-7(13)6(16-9(8)18-11)5-15-10(14)12(3)4/h6-9,13H,5H2,1-4H3/t6-,7+,8-,9-/m1/s1. The lowest BCUT2D eigenvalue weighted by Crippen LogP contribution is -2.38. The van der Waals surface area contributed by atoms with E-state index in [9.17, 15) is 9.90 Å². The molecule has 1 amide bonds. The lowest BCUT2D eigenvalue weighted by atomic mass is 10.1. The second-order valence-corrected chi connectivity index (χ2v) is 5.11. The van der Waals surface area contributed by atoms with E-state index in [4.69, 9.17) is 18.9 Å². The van der Waals surface area contributed by atoms with Crippen LogP contribution in [0.2, 0.25) is 0 Å². The van der Waals surface area contributed by atoms with Crippen molar-refractivity contribution in [1.82, 2.24) is 4.90 Å². The first-order chi connectivity index (χ1) is 8.30. The average molecular weight is 261 g/mol. The highest BCUT2D eigenvalue weighted by atomic mass is 16.8. The van der Waals surface area contributed by atoms with E-state index in [1.807, 2.05) is 0 Å². The van der Waals surface area contributed by atoms with E-state index >= 15 is 0 Å². The molecule has 0 aromatic rings. The fraction of sp³-hybridized carbons (Fsp3) is 0.909. The van der Waals surface area contributed by atoms with Crippen LogP contribution >= 0.6 is 0 Å². The van der Waals surface area contributed by atoms with E-state index in [1.54, 1.807) is 27.9 Å². The Bertz CT molecular complexity index is 331. The molecule has 0 radical (unpaired) electrons. The van der Waals surface area contributed by atoms with E-state index in [2.05, 4.69) is 0 Å². The van der Waals surface area contributed by atoms with E-state index in [0.717, 1.165) is 0 Å². The van der Waals surface area contributed by atoms with E-state index in [1.165, 1.54) is 4.90 Å². The molecule has 2 heterocycles. The molecule has 2 aliphatic heterocycles. The predicted molar refractivity (Wildman–Crippen MR) is 59.7 cm³/mol. The van der Waals surface area contributed by atoms with Crippen LogP contribution in [0, 0.1) is 0 Å². The first kappa shape index (κ1) is 13.5. The van der Waals surface area contributed by atoms with Crippen molar-refractivity contribution in [2.45, 2.75) is 44.2 Å². The van der Waals surface area contributed by atoms with Gasteiger partial charge in [0.1, 0.15) is 24.9 Å². The number of nitrogens with zero attached hydrogens (tertiary/aromatic N) is 1. The van der Waals surface area contributed by atoms with Crippen LogP contribution in [0.4, 0.5) is 4.79 Å². The predicted octanol–water partition coefficient (Wildman–Crippen LogP) is -0.0781. The number of aliphatic hydroxyl groups excluding tert-OH is 1. The minimum Gasteiger partial charge on any atom is -0.447 e. The van der Waals surface area contributed by atoms with Gasteiger partial charge < -0.3 is 29.0 Å². The summed E-state index contributed by atoms with van der Waals surface area (Å²) in [5.74, 6) is -0.762. The maximum absolute atomic E-state index is 11.3. The molecular weight excluding hydrogens is 242 g/mol. The zero-order chi connectivity index (χ0) is 13.5. The zero-order valence-electron chi connectivity index (χ0n) is 11.0. The third kappa shape index (κ3) is 2.59. The summed E-state index contributed by atoms with van der Waals surface area (Å²) in [6.45, 7) is 3.48. The van der Waals surface area contributed by atoms with Crippen LogP contribution in [0.5, 0.6) is 0 Å². The molecule has 0 spiro atoms. The van der Waals surface area contributed by atoms with Gasteiger partial charge in [-0.05, 0) is 13.8 Å². The highest BCUT2D eigenvalue weighted by Gasteiger charge is 2.54. The van der Waals surface area contributed by atoms with Crippen LogP contribution < -0.4 is 0 Å². The Morgan fingerprint density at radius 2 is 2.06 bits per heavy atom. The van der Waals surface area contributed by atoms with Gasteiger partial charge in [-0.25, -0.2) is 4.79 Å². The number of hydrogen-bond acceptors (Lipinski definition) is 6. The van der Waals surface area contributed by atoms with Crippen molar-refractivity contribution in [1.29, 1.82) is 0 Å². The van der Waals surface area contributed by atoms with E-state index < -0.39 is 36.5 Å². The Hall–Kier alpha value is -0.890. The number of fused-ring (bicyclic) bond motifs is 1. The molecule has 4 atom stereocenters. The Labute approximate surface area is 106 Å². The van der Waals surface area contributed by atoms with Crippen molar-refractivity contribution >= 4 is 6.09 Å². The van der Waals surface area contributed by atoms with Gasteiger partial charge in [-0.1, -0.05) is 0 Å². The van der Waals surface area contributed by atoms with Gasteiger partial charge in [0.05, 0.1) is 0 Å². The molecule has 2 fully saturated rings. The molecule has 0 saturated carbocycles.